The molecule has 0 amide bonds. The van der Waals surface area contributed by atoms with Crippen molar-refractivity contribution in [3.05, 3.63) is 23.8 Å². The lowest BCUT2D eigenvalue weighted by molar-refractivity contribution is -0.132. The Labute approximate surface area is 127 Å². The molecule has 0 spiro atoms. The van der Waals surface area contributed by atoms with E-state index in [0.717, 1.165) is 0 Å². The largest absolute Gasteiger partial charge is 0.493 e. The summed E-state index contributed by atoms with van der Waals surface area (Å²) in [5, 5.41) is 20.4. The number of hydrogen-bond donors (Lipinski definition) is 2. The molecular formula is C15H18O7. The van der Waals surface area contributed by atoms with Crippen LogP contribution in [-0.4, -0.2) is 48.4 Å². The molecule has 1 aromatic rings. The average molecular weight is 310 g/mol. The standard InChI is InChI=1S/C15H18O7/c1-8(16)22-10-4-3-9(5-11(10)19-2)13-12-14(17)21-7-15(12,18)6-20-13/h3-5,12-14,17-18H,6-7H2,1-2H3/t12-,13+,14+,15-/m0/s1. The molecule has 2 aliphatic heterocycles. The van der Waals surface area contributed by atoms with Gasteiger partial charge in [-0.1, -0.05) is 6.07 Å². The summed E-state index contributed by atoms with van der Waals surface area (Å²) in [6.45, 7) is 1.44. The van der Waals surface area contributed by atoms with E-state index < -0.39 is 29.9 Å². The van der Waals surface area contributed by atoms with E-state index in [1.54, 1.807) is 18.2 Å². The van der Waals surface area contributed by atoms with E-state index in [1.807, 2.05) is 0 Å². The number of carbonyl (C=O) groups excluding carboxylic acids is 1. The molecule has 0 saturated carbocycles. The third-order valence-electron chi connectivity index (χ3n) is 4.04. The molecule has 120 valence electrons. The number of aliphatic hydroxyl groups is 2. The summed E-state index contributed by atoms with van der Waals surface area (Å²) in [5.41, 5.74) is -0.482. The molecule has 4 atom stereocenters. The topological polar surface area (TPSA) is 94.5 Å². The van der Waals surface area contributed by atoms with Gasteiger partial charge in [0.15, 0.2) is 17.8 Å². The SMILES string of the molecule is COc1cc([C@H]2OC[C@]3(O)CO[C@@H](O)[C@H]23)ccc1OC(C)=O. The number of fused-ring (bicyclic) bond motifs is 1. The predicted octanol–water partition coefficient (Wildman–Crippen LogP) is 0.388. The van der Waals surface area contributed by atoms with Gasteiger partial charge < -0.3 is 29.2 Å². The summed E-state index contributed by atoms with van der Waals surface area (Å²) < 4.78 is 21.1. The number of methoxy groups -OCH3 is 1. The van der Waals surface area contributed by atoms with Crippen molar-refractivity contribution in [1.82, 2.24) is 0 Å². The monoisotopic (exact) mass is 310 g/mol. The van der Waals surface area contributed by atoms with Gasteiger partial charge in [-0.15, -0.1) is 0 Å². The van der Waals surface area contributed by atoms with Gasteiger partial charge in [0.25, 0.3) is 0 Å². The van der Waals surface area contributed by atoms with Crippen molar-refractivity contribution in [2.24, 2.45) is 5.92 Å². The second-order valence-electron chi connectivity index (χ2n) is 5.57. The highest BCUT2D eigenvalue weighted by atomic mass is 16.6. The fraction of sp³-hybridized carbons (Fsp3) is 0.533. The molecule has 2 heterocycles. The third kappa shape index (κ3) is 2.46. The van der Waals surface area contributed by atoms with Crippen LogP contribution in [0.25, 0.3) is 0 Å². The lowest BCUT2D eigenvalue weighted by atomic mass is 9.86. The van der Waals surface area contributed by atoms with E-state index in [2.05, 4.69) is 0 Å². The molecular weight excluding hydrogens is 292 g/mol. The predicted molar refractivity (Wildman–Crippen MR) is 73.4 cm³/mol. The van der Waals surface area contributed by atoms with Gasteiger partial charge in [-0.05, 0) is 17.7 Å². The van der Waals surface area contributed by atoms with Crippen LogP contribution in [0.1, 0.15) is 18.6 Å². The van der Waals surface area contributed by atoms with Crippen LogP contribution in [0, 0.1) is 5.92 Å². The Morgan fingerprint density at radius 1 is 1.32 bits per heavy atom. The summed E-state index contributed by atoms with van der Waals surface area (Å²) in [4.78, 5) is 11.1. The minimum atomic E-state index is -1.19. The molecule has 2 N–H and O–H groups in total. The van der Waals surface area contributed by atoms with Crippen molar-refractivity contribution in [2.75, 3.05) is 20.3 Å². The summed E-state index contributed by atoms with van der Waals surface area (Å²) in [6, 6.07) is 4.97. The lowest BCUT2D eigenvalue weighted by Gasteiger charge is -2.23. The van der Waals surface area contributed by atoms with Crippen molar-refractivity contribution in [1.29, 1.82) is 0 Å². The van der Waals surface area contributed by atoms with Crippen LogP contribution in [0.4, 0.5) is 0 Å². The zero-order valence-corrected chi connectivity index (χ0v) is 12.3. The molecule has 0 bridgehead atoms. The first-order valence-corrected chi connectivity index (χ1v) is 6.94. The molecule has 3 rings (SSSR count). The number of hydrogen-bond acceptors (Lipinski definition) is 7. The average Bonchev–Trinajstić information content (AvgIpc) is 2.96. The van der Waals surface area contributed by atoms with Crippen LogP contribution in [0.3, 0.4) is 0 Å². The van der Waals surface area contributed by atoms with Crippen LogP contribution in [-0.2, 0) is 14.3 Å². The molecule has 2 fully saturated rings. The van der Waals surface area contributed by atoms with E-state index in [1.165, 1.54) is 14.0 Å². The molecule has 7 heteroatoms. The summed E-state index contributed by atoms with van der Waals surface area (Å²) in [5.74, 6) is -0.343. The maximum atomic E-state index is 11.1. The molecule has 22 heavy (non-hydrogen) atoms. The number of rotatable bonds is 3. The number of aliphatic hydroxyl groups excluding tert-OH is 1. The normalized spacial score (nSPS) is 33.5. The molecule has 1 aromatic carbocycles. The molecule has 0 aliphatic carbocycles. The van der Waals surface area contributed by atoms with E-state index in [4.69, 9.17) is 18.9 Å². The zero-order chi connectivity index (χ0) is 15.9. The van der Waals surface area contributed by atoms with Gasteiger partial charge in [0.1, 0.15) is 5.60 Å². The number of ether oxygens (including phenoxy) is 4. The minimum Gasteiger partial charge on any atom is -0.493 e. The van der Waals surface area contributed by atoms with Crippen molar-refractivity contribution < 1.29 is 34.0 Å². The van der Waals surface area contributed by atoms with E-state index >= 15 is 0 Å². The molecule has 0 unspecified atom stereocenters. The Kier molecular flexibility index (Phi) is 3.82. The maximum Gasteiger partial charge on any atom is 0.308 e. The third-order valence-corrected chi connectivity index (χ3v) is 4.04. The van der Waals surface area contributed by atoms with Crippen LogP contribution in [0.15, 0.2) is 18.2 Å². The van der Waals surface area contributed by atoms with Crippen molar-refractivity contribution in [3.63, 3.8) is 0 Å². The summed E-state index contributed by atoms with van der Waals surface area (Å²) in [6.07, 6.45) is -1.61. The van der Waals surface area contributed by atoms with Gasteiger partial charge in [-0.25, -0.2) is 0 Å². The molecule has 2 saturated heterocycles. The maximum absolute atomic E-state index is 11.1. The van der Waals surface area contributed by atoms with Gasteiger partial charge in [-0.3, -0.25) is 4.79 Å². The van der Waals surface area contributed by atoms with Gasteiger partial charge in [0, 0.05) is 6.92 Å². The summed E-state index contributed by atoms with van der Waals surface area (Å²) >= 11 is 0. The van der Waals surface area contributed by atoms with Crippen molar-refractivity contribution >= 4 is 5.97 Å². The Morgan fingerprint density at radius 2 is 2.05 bits per heavy atom. The Hall–Kier alpha value is -1.67. The van der Waals surface area contributed by atoms with Gasteiger partial charge >= 0.3 is 5.97 Å². The van der Waals surface area contributed by atoms with Crippen LogP contribution in [0.2, 0.25) is 0 Å². The first kappa shape index (κ1) is 15.2. The first-order valence-electron chi connectivity index (χ1n) is 6.94. The quantitative estimate of drug-likeness (QED) is 0.616. The number of carbonyl (C=O) groups is 1. The molecule has 0 aromatic heterocycles. The highest BCUT2D eigenvalue weighted by Gasteiger charge is 2.57. The lowest BCUT2D eigenvalue weighted by Crippen LogP contribution is -2.38. The van der Waals surface area contributed by atoms with Gasteiger partial charge in [-0.2, -0.15) is 0 Å². The van der Waals surface area contributed by atoms with Crippen LogP contribution < -0.4 is 9.47 Å². The molecule has 0 radical (unpaired) electrons. The Balaban J connectivity index is 1.91. The zero-order valence-electron chi connectivity index (χ0n) is 12.3. The highest BCUT2D eigenvalue weighted by Crippen LogP contribution is 2.48. The highest BCUT2D eigenvalue weighted by molar-refractivity contribution is 5.70. The van der Waals surface area contributed by atoms with E-state index in [-0.39, 0.29) is 13.2 Å². The van der Waals surface area contributed by atoms with E-state index in [0.29, 0.717) is 17.1 Å². The first-order chi connectivity index (χ1) is 10.4. The fourth-order valence-corrected chi connectivity index (χ4v) is 3.01. The van der Waals surface area contributed by atoms with Crippen LogP contribution >= 0.6 is 0 Å². The van der Waals surface area contributed by atoms with Crippen LogP contribution in [0.5, 0.6) is 11.5 Å². The Bertz CT molecular complexity index is 587. The smallest absolute Gasteiger partial charge is 0.308 e. The van der Waals surface area contributed by atoms with Crippen molar-refractivity contribution in [3.8, 4) is 11.5 Å². The molecule has 7 nitrogen and oxygen atoms in total. The number of benzene rings is 1. The summed E-state index contributed by atoms with van der Waals surface area (Å²) in [7, 11) is 1.46. The number of esters is 1. The van der Waals surface area contributed by atoms with E-state index in [9.17, 15) is 15.0 Å². The van der Waals surface area contributed by atoms with Crippen molar-refractivity contribution in [2.45, 2.75) is 24.9 Å². The van der Waals surface area contributed by atoms with Gasteiger partial charge in [0.05, 0.1) is 32.3 Å². The second-order valence-corrected chi connectivity index (χ2v) is 5.57. The minimum absolute atomic E-state index is 0.0397. The Morgan fingerprint density at radius 3 is 2.73 bits per heavy atom. The fourth-order valence-electron chi connectivity index (χ4n) is 3.01. The van der Waals surface area contributed by atoms with Gasteiger partial charge in [0.2, 0.25) is 0 Å². The molecule has 2 aliphatic rings. The second kappa shape index (κ2) is 5.51.